The number of rotatable bonds is 3. The van der Waals surface area contributed by atoms with Crippen LogP contribution in [0, 0.1) is 11.3 Å². The number of nitrogens with one attached hydrogen (secondary N) is 1. The van der Waals surface area contributed by atoms with E-state index in [1.54, 1.807) is 0 Å². The van der Waals surface area contributed by atoms with Crippen molar-refractivity contribution in [3.63, 3.8) is 0 Å². The van der Waals surface area contributed by atoms with Gasteiger partial charge in [-0.25, -0.2) is 0 Å². The van der Waals surface area contributed by atoms with E-state index in [0.717, 1.165) is 19.3 Å². The highest BCUT2D eigenvalue weighted by molar-refractivity contribution is 7.90. The number of piperidine rings is 1. The Morgan fingerprint density at radius 2 is 1.95 bits per heavy atom. The third kappa shape index (κ3) is 3.16. The van der Waals surface area contributed by atoms with Gasteiger partial charge in [0, 0.05) is 13.1 Å². The summed E-state index contributed by atoms with van der Waals surface area (Å²) < 4.78 is 28.2. The maximum absolute atomic E-state index is 12.2. The van der Waals surface area contributed by atoms with Gasteiger partial charge in [-0.05, 0) is 31.0 Å². The summed E-state index contributed by atoms with van der Waals surface area (Å²) >= 11 is 0. The van der Waals surface area contributed by atoms with Gasteiger partial charge in [0.2, 0.25) is 0 Å². The highest BCUT2D eigenvalue weighted by Gasteiger charge is 2.24. The van der Waals surface area contributed by atoms with Crippen molar-refractivity contribution in [2.24, 2.45) is 0 Å². The lowest BCUT2D eigenvalue weighted by molar-refractivity contribution is 0.349. The number of anilines is 2. The van der Waals surface area contributed by atoms with Gasteiger partial charge < -0.3 is 5.73 Å². The fraction of sp³-hybridized carbons (Fsp3) is 0.417. The first-order chi connectivity index (χ1) is 9.03. The molecule has 19 heavy (non-hydrogen) atoms. The van der Waals surface area contributed by atoms with E-state index in [0.29, 0.717) is 24.3 Å². The van der Waals surface area contributed by atoms with E-state index in [1.165, 1.54) is 22.5 Å². The molecule has 1 heterocycles. The third-order valence-electron chi connectivity index (χ3n) is 3.07. The predicted molar refractivity (Wildman–Crippen MR) is 73.5 cm³/mol. The van der Waals surface area contributed by atoms with Crippen molar-refractivity contribution in [1.82, 2.24) is 4.31 Å². The molecular formula is C12H16N4O2S. The normalized spacial score (nSPS) is 16.8. The van der Waals surface area contributed by atoms with Crippen molar-refractivity contribution in [2.75, 3.05) is 23.5 Å². The zero-order valence-electron chi connectivity index (χ0n) is 10.5. The third-order valence-corrected chi connectivity index (χ3v) is 4.60. The Kier molecular flexibility index (Phi) is 3.93. The lowest BCUT2D eigenvalue weighted by Gasteiger charge is -2.26. The molecule has 1 aliphatic rings. The summed E-state index contributed by atoms with van der Waals surface area (Å²) in [5.74, 6) is 0. The van der Waals surface area contributed by atoms with Gasteiger partial charge in [-0.2, -0.15) is 18.0 Å². The molecule has 0 aromatic heterocycles. The molecule has 1 fully saturated rings. The van der Waals surface area contributed by atoms with Crippen LogP contribution in [0.5, 0.6) is 0 Å². The van der Waals surface area contributed by atoms with Crippen molar-refractivity contribution in [3.8, 4) is 6.07 Å². The lowest BCUT2D eigenvalue weighted by Crippen LogP contribution is -2.39. The maximum Gasteiger partial charge on any atom is 0.301 e. The zero-order chi connectivity index (χ0) is 13.9. The van der Waals surface area contributed by atoms with Gasteiger partial charge >= 0.3 is 10.2 Å². The van der Waals surface area contributed by atoms with E-state index in [9.17, 15) is 8.42 Å². The van der Waals surface area contributed by atoms with E-state index >= 15 is 0 Å². The number of hydrogen-bond donors (Lipinski definition) is 2. The Hall–Kier alpha value is -1.78. The summed E-state index contributed by atoms with van der Waals surface area (Å²) in [4.78, 5) is 0. The number of nitrogens with two attached hydrogens (primary N) is 1. The van der Waals surface area contributed by atoms with Crippen LogP contribution < -0.4 is 10.5 Å². The van der Waals surface area contributed by atoms with Crippen molar-refractivity contribution < 1.29 is 8.42 Å². The molecule has 7 heteroatoms. The smallest absolute Gasteiger partial charge is 0.301 e. The summed E-state index contributed by atoms with van der Waals surface area (Å²) in [6.45, 7) is 1.07. The largest absolute Gasteiger partial charge is 0.397 e. The van der Waals surface area contributed by atoms with Crippen molar-refractivity contribution in [3.05, 3.63) is 23.8 Å². The monoisotopic (exact) mass is 280 g/mol. The molecule has 102 valence electrons. The Labute approximate surface area is 113 Å². The minimum absolute atomic E-state index is 0.250. The van der Waals surface area contributed by atoms with Crippen LogP contribution in [0.2, 0.25) is 0 Å². The molecule has 3 N–H and O–H groups in total. The summed E-state index contributed by atoms with van der Waals surface area (Å²) in [7, 11) is -3.56. The second-order valence-electron chi connectivity index (χ2n) is 4.48. The van der Waals surface area contributed by atoms with Crippen LogP contribution in [0.4, 0.5) is 11.4 Å². The van der Waals surface area contributed by atoms with E-state index < -0.39 is 10.2 Å². The molecule has 1 aromatic carbocycles. The predicted octanol–water partition coefficient (Wildman–Crippen LogP) is 1.28. The summed E-state index contributed by atoms with van der Waals surface area (Å²) in [6, 6.07) is 6.45. The highest BCUT2D eigenvalue weighted by atomic mass is 32.2. The molecule has 2 rings (SSSR count). The summed E-state index contributed by atoms with van der Waals surface area (Å²) in [5.41, 5.74) is 6.70. The Bertz CT molecular complexity index is 601. The molecule has 6 nitrogen and oxygen atoms in total. The fourth-order valence-corrected chi connectivity index (χ4v) is 3.37. The first-order valence-electron chi connectivity index (χ1n) is 6.10. The van der Waals surface area contributed by atoms with E-state index in [4.69, 9.17) is 11.0 Å². The van der Waals surface area contributed by atoms with Crippen LogP contribution in [0.25, 0.3) is 0 Å². The molecule has 0 amide bonds. The van der Waals surface area contributed by atoms with Gasteiger partial charge in [-0.15, -0.1) is 0 Å². The maximum atomic E-state index is 12.2. The summed E-state index contributed by atoms with van der Waals surface area (Å²) in [6.07, 6.45) is 2.82. The topological polar surface area (TPSA) is 99.2 Å². The van der Waals surface area contributed by atoms with Gasteiger partial charge in [0.15, 0.2) is 0 Å². The van der Waals surface area contributed by atoms with Crippen molar-refractivity contribution in [1.29, 1.82) is 5.26 Å². The number of hydrogen-bond acceptors (Lipinski definition) is 4. The first-order valence-corrected chi connectivity index (χ1v) is 7.54. The second-order valence-corrected chi connectivity index (χ2v) is 6.15. The minimum Gasteiger partial charge on any atom is -0.397 e. The Morgan fingerprint density at radius 3 is 2.53 bits per heavy atom. The van der Waals surface area contributed by atoms with Gasteiger partial charge in [-0.1, -0.05) is 6.42 Å². The molecule has 0 atom stereocenters. The highest BCUT2D eigenvalue weighted by Crippen LogP contribution is 2.22. The quantitative estimate of drug-likeness (QED) is 0.815. The van der Waals surface area contributed by atoms with Crippen LogP contribution in [0.1, 0.15) is 24.8 Å². The number of nitrogens with zero attached hydrogens (tertiary/aromatic N) is 2. The second kappa shape index (κ2) is 5.47. The van der Waals surface area contributed by atoms with E-state index in [1.807, 2.05) is 6.07 Å². The molecule has 0 spiro atoms. The molecule has 0 aliphatic carbocycles. The van der Waals surface area contributed by atoms with Crippen molar-refractivity contribution >= 4 is 21.6 Å². The molecule has 0 unspecified atom stereocenters. The number of benzene rings is 1. The molecule has 0 saturated carbocycles. The standard InChI is InChI=1S/C12H16N4O2S/c13-9-10-4-5-12(11(14)8-10)15-19(17,18)16-6-2-1-3-7-16/h4-5,8,15H,1-3,6-7,14H2. The molecule has 1 aliphatic heterocycles. The van der Waals surface area contributed by atoms with Gasteiger partial charge in [0.25, 0.3) is 0 Å². The summed E-state index contributed by atoms with van der Waals surface area (Å²) in [5, 5.41) is 8.74. The van der Waals surface area contributed by atoms with E-state index in [2.05, 4.69) is 4.72 Å². The molecule has 0 radical (unpaired) electrons. The molecule has 0 bridgehead atoms. The van der Waals surface area contributed by atoms with Crippen LogP contribution in [-0.2, 0) is 10.2 Å². The van der Waals surface area contributed by atoms with Crippen molar-refractivity contribution in [2.45, 2.75) is 19.3 Å². The van der Waals surface area contributed by atoms with Gasteiger partial charge in [-0.3, -0.25) is 4.72 Å². The number of nitrogen functional groups attached to an aromatic ring is 1. The Morgan fingerprint density at radius 1 is 1.26 bits per heavy atom. The van der Waals surface area contributed by atoms with E-state index in [-0.39, 0.29) is 5.69 Å². The fourth-order valence-electron chi connectivity index (χ4n) is 2.03. The molecule has 1 aromatic rings. The Balaban J connectivity index is 2.18. The van der Waals surface area contributed by atoms with Crippen LogP contribution in [0.3, 0.4) is 0 Å². The SMILES string of the molecule is N#Cc1ccc(NS(=O)(=O)N2CCCCC2)c(N)c1. The number of nitriles is 1. The zero-order valence-corrected chi connectivity index (χ0v) is 11.3. The lowest BCUT2D eigenvalue weighted by atomic mass is 10.2. The van der Waals surface area contributed by atoms with Crippen LogP contribution >= 0.6 is 0 Å². The molecular weight excluding hydrogens is 264 g/mol. The minimum atomic E-state index is -3.56. The average Bonchev–Trinajstić information content (AvgIpc) is 2.42. The van der Waals surface area contributed by atoms with Gasteiger partial charge in [0.05, 0.1) is 23.0 Å². The molecule has 1 saturated heterocycles. The van der Waals surface area contributed by atoms with Gasteiger partial charge in [0.1, 0.15) is 0 Å². The van der Waals surface area contributed by atoms with Crippen LogP contribution in [-0.4, -0.2) is 25.8 Å². The average molecular weight is 280 g/mol. The first kappa shape index (κ1) is 13.6. The van der Waals surface area contributed by atoms with Crippen LogP contribution in [0.15, 0.2) is 18.2 Å².